The number of quaternary nitrogens is 2. The first-order chi connectivity index (χ1) is 50.2. The van der Waals surface area contributed by atoms with E-state index in [0.29, 0.717) is 73.9 Å². The molecule has 0 radical (unpaired) electrons. The molecule has 0 aliphatic heterocycles. The summed E-state index contributed by atoms with van der Waals surface area (Å²) in [5.41, 5.74) is 0. The predicted molar refractivity (Wildman–Crippen MR) is 438 cm³/mol. The van der Waals surface area contributed by atoms with Crippen LogP contribution in [0.1, 0.15) is 415 Å². The van der Waals surface area contributed by atoms with E-state index >= 15 is 0 Å². The van der Waals surface area contributed by atoms with Gasteiger partial charge in [-0.3, -0.25) is 23.4 Å². The lowest BCUT2D eigenvalue weighted by Crippen LogP contribution is -2.61. The lowest BCUT2D eigenvalue weighted by molar-refractivity contribution is -0.968. The Morgan fingerprint density at radius 1 is 0.288 bits per heavy atom. The van der Waals surface area contributed by atoms with Crippen molar-refractivity contribution in [3.8, 4) is 0 Å². The molecule has 0 aromatic heterocycles. The van der Waals surface area contributed by atoms with Crippen molar-refractivity contribution in [1.82, 2.24) is 0 Å². The lowest BCUT2D eigenvalue weighted by atomic mass is 10.1. The molecule has 15 heteroatoms. The average Bonchev–Trinajstić information content (AvgIpc) is 0.834. The molecule has 0 aliphatic carbocycles. The largest absolute Gasteiger partial charge is 0.726 e. The standard InChI is InChI=1S/C88H166N2O8.CH4O4S/c1-11-15-19-23-27-31-35-39-43-47-51-55-59-63-67-71-85(91)95-81(5)77-89(9,78-82(6)96-86(92)72-68-64-60-56-52-48-44-40-36-32-28-24-20-16-12-2)75-76-90(10,79-83(7)97-87(93)73-69-65-61-57-53-49-45-41-37-33-29-25-21-17-13-3)80-84(8)98-88(94)74-70-66-62-58-54-50-46-42-38-34-30-26-22-18-14-4;1-5-6(2,3)4/h39-46,81-84H,11-38,47-80H2,1-10H3;1H3,(H,2,3,4)/q+2;/p-1. The second-order valence-electron chi connectivity index (χ2n) is 31.5. The highest BCUT2D eigenvalue weighted by Gasteiger charge is 2.37. The van der Waals surface area contributed by atoms with Crippen LogP contribution in [0, 0.1) is 0 Å². The second kappa shape index (κ2) is 75.1. The van der Waals surface area contributed by atoms with E-state index in [9.17, 15) is 32.1 Å². The van der Waals surface area contributed by atoms with Crippen molar-refractivity contribution in [3.63, 3.8) is 0 Å². The topological polar surface area (TPSA) is 172 Å². The van der Waals surface area contributed by atoms with Crippen LogP contribution in [0.15, 0.2) is 48.6 Å². The summed E-state index contributed by atoms with van der Waals surface area (Å²) < 4.78 is 56.8. The van der Waals surface area contributed by atoms with Gasteiger partial charge in [-0.1, -0.05) is 282 Å². The summed E-state index contributed by atoms with van der Waals surface area (Å²) in [5, 5.41) is 0. The molecule has 14 nitrogen and oxygen atoms in total. The molecule has 0 heterocycles. The Morgan fingerprint density at radius 3 is 0.587 bits per heavy atom. The first-order valence-electron chi connectivity index (χ1n) is 43.7. The number of allylic oxidation sites excluding steroid dienone is 8. The van der Waals surface area contributed by atoms with Crippen LogP contribution in [-0.2, 0) is 52.7 Å². The molecule has 0 saturated heterocycles. The number of carbonyl (C=O) groups excluding carboxylic acids is 4. The summed E-state index contributed by atoms with van der Waals surface area (Å²) in [4.78, 5) is 53.8. The molecule has 0 rings (SSSR count). The van der Waals surface area contributed by atoms with Gasteiger partial charge >= 0.3 is 23.9 Å². The van der Waals surface area contributed by atoms with E-state index in [0.717, 1.165) is 110 Å². The van der Waals surface area contributed by atoms with Crippen molar-refractivity contribution in [1.29, 1.82) is 0 Å². The number of rotatable bonds is 76. The molecule has 0 amide bonds. The maximum absolute atomic E-state index is 13.5. The molecule has 0 aliphatic rings. The summed E-state index contributed by atoms with van der Waals surface area (Å²) in [6, 6.07) is 0. The van der Waals surface area contributed by atoms with Gasteiger partial charge in [-0.15, -0.1) is 0 Å². The van der Waals surface area contributed by atoms with E-state index in [-0.39, 0.29) is 48.3 Å². The van der Waals surface area contributed by atoms with E-state index < -0.39 is 10.4 Å². The first kappa shape index (κ1) is 103. The van der Waals surface area contributed by atoms with Gasteiger partial charge in [0.1, 0.15) is 63.7 Å². The fraction of sp³-hybridized carbons (Fsp3) is 0.865. The van der Waals surface area contributed by atoms with Crippen molar-refractivity contribution >= 4 is 34.3 Å². The SMILES string of the molecule is CCCCCCCCC=CCCCCCCCC(=O)OC(C)C[N+](C)(CC[N+](C)(CC(C)OC(=O)CCCCCCCC=CCCCCCCCC)CC(C)OC(=O)CCCCCCCC=CCCCCCCCC)CC(C)OC(=O)CCCCCCCC=CCCCCCCCC.COS(=O)(=O)[O-]. The van der Waals surface area contributed by atoms with E-state index in [1.54, 1.807) is 0 Å². The van der Waals surface area contributed by atoms with Crippen LogP contribution in [0.25, 0.3) is 0 Å². The summed E-state index contributed by atoms with van der Waals surface area (Å²) in [6.45, 7) is 20.6. The monoisotopic (exact) mass is 1490 g/mol. The number of unbranched alkanes of at least 4 members (excludes halogenated alkanes) is 44. The fourth-order valence-electron chi connectivity index (χ4n) is 14.1. The van der Waals surface area contributed by atoms with Gasteiger partial charge in [0.15, 0.2) is 0 Å². The third kappa shape index (κ3) is 76.8. The molecule has 0 aromatic rings. The lowest BCUT2D eigenvalue weighted by Gasteiger charge is -2.43. The zero-order valence-corrected chi connectivity index (χ0v) is 70.8. The molecule has 0 aromatic carbocycles. The molecule has 0 bridgehead atoms. The fourth-order valence-corrected chi connectivity index (χ4v) is 14.1. The number of hydrogen-bond donors (Lipinski definition) is 0. The minimum absolute atomic E-state index is 0.156. The summed E-state index contributed by atoms with van der Waals surface area (Å²) in [7, 11) is 0.788. The molecule has 0 spiro atoms. The molecule has 104 heavy (non-hydrogen) atoms. The van der Waals surface area contributed by atoms with Crippen molar-refractivity contribution < 1.29 is 64.2 Å². The van der Waals surface area contributed by atoms with E-state index in [4.69, 9.17) is 18.9 Å². The van der Waals surface area contributed by atoms with Gasteiger partial charge < -0.3 is 32.5 Å². The normalized spacial score (nSPS) is 14.3. The number of likely N-dealkylation sites (N-methyl/N-ethyl adjacent to an activating group) is 2. The van der Waals surface area contributed by atoms with Gasteiger partial charge in [0, 0.05) is 25.7 Å². The van der Waals surface area contributed by atoms with Crippen LogP contribution >= 0.6 is 0 Å². The van der Waals surface area contributed by atoms with Gasteiger partial charge in [0.2, 0.25) is 10.4 Å². The van der Waals surface area contributed by atoms with Crippen molar-refractivity contribution in [2.75, 3.05) is 60.5 Å². The number of ether oxygens (including phenoxy) is 4. The Hall–Kier alpha value is -3.37. The number of esters is 4. The van der Waals surface area contributed by atoms with E-state index in [1.807, 2.05) is 27.7 Å². The molecule has 0 saturated carbocycles. The first-order valence-corrected chi connectivity index (χ1v) is 45.1. The van der Waals surface area contributed by atoms with E-state index in [2.05, 4.69) is 94.6 Å². The van der Waals surface area contributed by atoms with Crippen molar-refractivity contribution in [2.24, 2.45) is 0 Å². The van der Waals surface area contributed by atoms with Crippen LogP contribution in [0.5, 0.6) is 0 Å². The Balaban J connectivity index is 0. The number of carbonyl (C=O) groups is 4. The van der Waals surface area contributed by atoms with Gasteiger partial charge in [0.25, 0.3) is 0 Å². The van der Waals surface area contributed by atoms with Gasteiger partial charge in [-0.2, -0.15) is 0 Å². The minimum Gasteiger partial charge on any atom is -0.726 e. The van der Waals surface area contributed by atoms with Crippen LogP contribution in [0.4, 0.5) is 0 Å². The Kier molecular flexibility index (Phi) is 74.1. The second-order valence-corrected chi connectivity index (χ2v) is 32.7. The van der Waals surface area contributed by atoms with Crippen LogP contribution < -0.4 is 0 Å². The van der Waals surface area contributed by atoms with Gasteiger partial charge in [-0.05, 0) is 156 Å². The van der Waals surface area contributed by atoms with Crippen LogP contribution in [0.3, 0.4) is 0 Å². The quantitative estimate of drug-likeness (QED) is 0.0107. The maximum Gasteiger partial charge on any atom is 0.306 e. The molecular weight excluding hydrogens is 1320 g/mol. The predicted octanol–water partition coefficient (Wildman–Crippen LogP) is 24.8. The third-order valence-corrected chi connectivity index (χ3v) is 20.5. The zero-order valence-electron chi connectivity index (χ0n) is 70.0. The highest BCUT2D eigenvalue weighted by atomic mass is 32.3. The summed E-state index contributed by atoms with van der Waals surface area (Å²) >= 11 is 0. The molecule has 612 valence electrons. The van der Waals surface area contributed by atoms with Crippen molar-refractivity contribution in [3.05, 3.63) is 48.6 Å². The smallest absolute Gasteiger partial charge is 0.306 e. The number of hydrogen-bond acceptors (Lipinski definition) is 12. The van der Waals surface area contributed by atoms with Crippen LogP contribution in [-0.4, -0.2) is 131 Å². The highest BCUT2D eigenvalue weighted by Crippen LogP contribution is 2.21. The molecule has 4 unspecified atom stereocenters. The zero-order chi connectivity index (χ0) is 77.2. The molecule has 0 fully saturated rings. The summed E-state index contributed by atoms with van der Waals surface area (Å²) in [6.07, 6.45) is 82.0. The molecule has 4 atom stereocenters. The Morgan fingerprint density at radius 2 is 0.433 bits per heavy atom. The van der Waals surface area contributed by atoms with Crippen LogP contribution in [0.2, 0.25) is 0 Å². The van der Waals surface area contributed by atoms with Gasteiger partial charge in [0.05, 0.1) is 21.2 Å². The third-order valence-electron chi connectivity index (χ3n) is 20.1. The Labute approximate surface area is 643 Å². The number of nitrogens with zero attached hydrogens (tertiary/aromatic N) is 2. The minimum atomic E-state index is -4.41. The molecule has 0 N–H and O–H groups in total. The van der Waals surface area contributed by atoms with E-state index in [1.165, 1.54) is 231 Å². The maximum atomic E-state index is 13.5. The average molecular weight is 1490 g/mol. The Bertz CT molecular complexity index is 1920. The van der Waals surface area contributed by atoms with Crippen molar-refractivity contribution in [2.45, 2.75) is 439 Å². The molecular formula is C89H169N2O12S+. The van der Waals surface area contributed by atoms with Gasteiger partial charge in [-0.25, -0.2) is 8.42 Å². The highest BCUT2D eigenvalue weighted by molar-refractivity contribution is 7.80. The summed E-state index contributed by atoms with van der Waals surface area (Å²) in [5.74, 6) is -0.624.